The Morgan fingerprint density at radius 3 is 2.74 bits per heavy atom. The third-order valence-corrected chi connectivity index (χ3v) is 3.72. The predicted molar refractivity (Wildman–Crippen MR) is 74.7 cm³/mol. The van der Waals surface area contributed by atoms with Crippen molar-refractivity contribution in [3.8, 4) is 16.3 Å². The number of aromatic hydroxyl groups is 1. The molecule has 1 heterocycles. The lowest BCUT2D eigenvalue weighted by Gasteiger charge is -2.01. The first-order valence-electron chi connectivity index (χ1n) is 5.99. The molecule has 0 aliphatic carbocycles. The average Bonchev–Trinajstić information content (AvgIpc) is 2.72. The van der Waals surface area contributed by atoms with Crippen LogP contribution in [0.5, 0.6) is 5.75 Å². The van der Waals surface area contributed by atoms with Crippen molar-refractivity contribution >= 4 is 17.3 Å². The molecule has 0 saturated carbocycles. The number of carboxylic acids is 1. The number of thiazole rings is 1. The molecule has 4 nitrogen and oxygen atoms in total. The largest absolute Gasteiger partial charge is 0.508 e. The van der Waals surface area contributed by atoms with E-state index in [2.05, 4.69) is 4.98 Å². The van der Waals surface area contributed by atoms with Gasteiger partial charge in [-0.2, -0.15) is 0 Å². The number of carboxylic acid groups (broad SMARTS) is 1. The zero-order chi connectivity index (χ0) is 14.0. The summed E-state index contributed by atoms with van der Waals surface area (Å²) in [4.78, 5) is 15.9. The lowest BCUT2D eigenvalue weighted by atomic mass is 10.1. The molecule has 5 heteroatoms. The van der Waals surface area contributed by atoms with Crippen molar-refractivity contribution in [1.29, 1.82) is 0 Å². The second kappa shape index (κ2) is 5.40. The Labute approximate surface area is 115 Å². The predicted octanol–water partition coefficient (Wildman–Crippen LogP) is 3.41. The quantitative estimate of drug-likeness (QED) is 0.898. The number of aromatic carboxylic acids is 1. The minimum Gasteiger partial charge on any atom is -0.508 e. The highest BCUT2D eigenvalue weighted by Gasteiger charge is 2.18. The van der Waals surface area contributed by atoms with Crippen LogP contribution in [-0.2, 0) is 6.42 Å². The number of carbonyl (C=O) groups is 1. The maximum absolute atomic E-state index is 11.2. The summed E-state index contributed by atoms with van der Waals surface area (Å²) in [6, 6.07) is 6.69. The Kier molecular flexibility index (Phi) is 3.85. The zero-order valence-electron chi connectivity index (χ0n) is 10.8. The molecule has 2 rings (SSSR count). The van der Waals surface area contributed by atoms with Gasteiger partial charge in [0.15, 0.2) is 0 Å². The molecule has 0 aliphatic rings. The molecule has 0 unspecified atom stereocenters. The minimum absolute atomic E-state index is 0.148. The van der Waals surface area contributed by atoms with E-state index >= 15 is 0 Å². The lowest BCUT2D eigenvalue weighted by molar-refractivity contribution is 0.0700. The maximum atomic E-state index is 11.2. The van der Waals surface area contributed by atoms with Crippen LogP contribution >= 0.6 is 11.3 Å². The molecule has 0 aliphatic heterocycles. The zero-order valence-corrected chi connectivity index (χ0v) is 11.6. The standard InChI is InChI=1S/C14H15NO3S/c1-8(2)6-11-12(14(17)18)19-13(15-11)9-4-3-5-10(16)7-9/h3-5,7-8,16H,6H2,1-2H3,(H,17,18). The topological polar surface area (TPSA) is 70.4 Å². The number of hydrogen-bond donors (Lipinski definition) is 2. The molecule has 100 valence electrons. The van der Waals surface area contributed by atoms with E-state index in [0.29, 0.717) is 23.0 Å². The normalized spacial score (nSPS) is 10.9. The van der Waals surface area contributed by atoms with Crippen LogP contribution in [0, 0.1) is 5.92 Å². The van der Waals surface area contributed by atoms with Gasteiger partial charge in [-0.1, -0.05) is 26.0 Å². The summed E-state index contributed by atoms with van der Waals surface area (Å²) in [6.45, 7) is 4.05. The van der Waals surface area contributed by atoms with Crippen molar-refractivity contribution in [2.45, 2.75) is 20.3 Å². The van der Waals surface area contributed by atoms with E-state index in [-0.39, 0.29) is 10.6 Å². The highest BCUT2D eigenvalue weighted by Crippen LogP contribution is 2.31. The molecule has 2 aromatic rings. The van der Waals surface area contributed by atoms with Gasteiger partial charge in [0.2, 0.25) is 0 Å². The molecule has 1 aromatic heterocycles. The van der Waals surface area contributed by atoms with Crippen LogP contribution in [0.4, 0.5) is 0 Å². The first kappa shape index (κ1) is 13.5. The second-order valence-electron chi connectivity index (χ2n) is 4.75. The minimum atomic E-state index is -0.945. The van der Waals surface area contributed by atoms with Crippen LogP contribution in [0.3, 0.4) is 0 Å². The van der Waals surface area contributed by atoms with Gasteiger partial charge in [0.25, 0.3) is 0 Å². The Balaban J connectivity index is 2.45. The lowest BCUT2D eigenvalue weighted by Crippen LogP contribution is -2.02. The number of phenols is 1. The summed E-state index contributed by atoms with van der Waals surface area (Å²) in [5.41, 5.74) is 1.35. The molecular weight excluding hydrogens is 262 g/mol. The molecule has 0 spiro atoms. The summed E-state index contributed by atoms with van der Waals surface area (Å²) in [5.74, 6) is -0.452. The van der Waals surface area contributed by atoms with Crippen LogP contribution < -0.4 is 0 Å². The van der Waals surface area contributed by atoms with Gasteiger partial charge in [-0.3, -0.25) is 0 Å². The fraction of sp³-hybridized carbons (Fsp3) is 0.286. The van der Waals surface area contributed by atoms with Crippen LogP contribution in [0.25, 0.3) is 10.6 Å². The monoisotopic (exact) mass is 277 g/mol. The summed E-state index contributed by atoms with van der Waals surface area (Å²) in [6.07, 6.45) is 0.636. The van der Waals surface area contributed by atoms with Crippen LogP contribution in [0.2, 0.25) is 0 Å². The summed E-state index contributed by atoms with van der Waals surface area (Å²) >= 11 is 1.15. The third-order valence-electron chi connectivity index (χ3n) is 2.59. The van der Waals surface area contributed by atoms with Crippen LogP contribution in [-0.4, -0.2) is 21.2 Å². The van der Waals surface area contributed by atoms with E-state index in [4.69, 9.17) is 0 Å². The number of rotatable bonds is 4. The number of benzene rings is 1. The summed E-state index contributed by atoms with van der Waals surface area (Å²) < 4.78 is 0. The van der Waals surface area contributed by atoms with Gasteiger partial charge in [0.1, 0.15) is 15.6 Å². The first-order chi connectivity index (χ1) is 8.97. The second-order valence-corrected chi connectivity index (χ2v) is 5.75. The fourth-order valence-corrected chi connectivity index (χ4v) is 2.73. The van der Waals surface area contributed by atoms with Crippen molar-refractivity contribution in [2.24, 2.45) is 5.92 Å². The smallest absolute Gasteiger partial charge is 0.347 e. The van der Waals surface area contributed by atoms with E-state index in [1.165, 1.54) is 0 Å². The van der Waals surface area contributed by atoms with Gasteiger partial charge in [-0.15, -0.1) is 11.3 Å². The molecule has 0 saturated heterocycles. The first-order valence-corrected chi connectivity index (χ1v) is 6.81. The SMILES string of the molecule is CC(C)Cc1nc(-c2cccc(O)c2)sc1C(=O)O. The molecule has 0 bridgehead atoms. The van der Waals surface area contributed by atoms with Crippen LogP contribution in [0.15, 0.2) is 24.3 Å². The number of phenolic OH excluding ortho intramolecular Hbond substituents is 1. The Morgan fingerprint density at radius 1 is 1.42 bits per heavy atom. The Hall–Kier alpha value is -1.88. The van der Waals surface area contributed by atoms with E-state index in [1.807, 2.05) is 19.9 Å². The van der Waals surface area contributed by atoms with E-state index in [0.717, 1.165) is 16.9 Å². The molecular formula is C14H15NO3S. The van der Waals surface area contributed by atoms with Gasteiger partial charge in [0.05, 0.1) is 5.69 Å². The van der Waals surface area contributed by atoms with Crippen molar-refractivity contribution in [1.82, 2.24) is 4.98 Å². The van der Waals surface area contributed by atoms with Crippen molar-refractivity contribution < 1.29 is 15.0 Å². The highest BCUT2D eigenvalue weighted by molar-refractivity contribution is 7.17. The van der Waals surface area contributed by atoms with Gasteiger partial charge < -0.3 is 10.2 Å². The molecule has 0 radical (unpaired) electrons. The molecule has 0 fully saturated rings. The Morgan fingerprint density at radius 2 is 2.16 bits per heavy atom. The fourth-order valence-electron chi connectivity index (χ4n) is 1.81. The Bertz CT molecular complexity index is 604. The third kappa shape index (κ3) is 3.12. The average molecular weight is 277 g/mol. The van der Waals surface area contributed by atoms with Crippen molar-refractivity contribution in [2.75, 3.05) is 0 Å². The van der Waals surface area contributed by atoms with Crippen molar-refractivity contribution in [3.05, 3.63) is 34.8 Å². The van der Waals surface area contributed by atoms with Crippen molar-refractivity contribution in [3.63, 3.8) is 0 Å². The molecule has 2 N–H and O–H groups in total. The number of hydrogen-bond acceptors (Lipinski definition) is 4. The van der Waals surface area contributed by atoms with Gasteiger partial charge in [0, 0.05) is 5.56 Å². The maximum Gasteiger partial charge on any atom is 0.347 e. The number of nitrogens with zero attached hydrogens (tertiary/aromatic N) is 1. The molecule has 0 atom stereocenters. The summed E-state index contributed by atoms with van der Waals surface area (Å²) in [5, 5.41) is 19.3. The van der Waals surface area contributed by atoms with Gasteiger partial charge >= 0.3 is 5.97 Å². The van der Waals surface area contributed by atoms with E-state index in [1.54, 1.807) is 18.2 Å². The van der Waals surface area contributed by atoms with E-state index in [9.17, 15) is 15.0 Å². The molecule has 0 amide bonds. The molecule has 1 aromatic carbocycles. The van der Waals surface area contributed by atoms with Gasteiger partial charge in [-0.05, 0) is 24.5 Å². The van der Waals surface area contributed by atoms with E-state index < -0.39 is 5.97 Å². The number of aromatic nitrogens is 1. The molecule has 19 heavy (non-hydrogen) atoms. The summed E-state index contributed by atoms with van der Waals surface area (Å²) in [7, 11) is 0. The highest BCUT2D eigenvalue weighted by atomic mass is 32.1. The van der Waals surface area contributed by atoms with Crippen LogP contribution in [0.1, 0.15) is 29.2 Å². The van der Waals surface area contributed by atoms with Gasteiger partial charge in [-0.25, -0.2) is 9.78 Å².